The van der Waals surface area contributed by atoms with Crippen molar-refractivity contribution in [2.75, 3.05) is 14.2 Å². The smallest absolute Gasteiger partial charge is 0.312 e. The van der Waals surface area contributed by atoms with Gasteiger partial charge < -0.3 is 39.6 Å². The van der Waals surface area contributed by atoms with E-state index in [-0.39, 0.29) is 28.9 Å². The van der Waals surface area contributed by atoms with Crippen molar-refractivity contribution in [1.82, 2.24) is 5.32 Å². The molecule has 0 radical (unpaired) electrons. The molecule has 10 atom stereocenters. The maximum Gasteiger partial charge on any atom is 0.312 e. The minimum atomic E-state index is -2.00. The van der Waals surface area contributed by atoms with E-state index < -0.39 is 100 Å². The van der Waals surface area contributed by atoms with Crippen LogP contribution in [0.2, 0.25) is 0 Å². The van der Waals surface area contributed by atoms with Crippen molar-refractivity contribution in [3.63, 3.8) is 0 Å². The van der Waals surface area contributed by atoms with Gasteiger partial charge in [0, 0.05) is 37.4 Å². The van der Waals surface area contributed by atoms with Gasteiger partial charge in [0.15, 0.2) is 5.76 Å². The van der Waals surface area contributed by atoms with Crippen molar-refractivity contribution in [2.24, 2.45) is 35.5 Å². The fourth-order valence-electron chi connectivity index (χ4n) is 7.00. The highest BCUT2D eigenvalue weighted by Gasteiger charge is 2.51. The van der Waals surface area contributed by atoms with Crippen molar-refractivity contribution in [3.05, 3.63) is 58.5 Å². The molecule has 1 aromatic rings. The van der Waals surface area contributed by atoms with Gasteiger partial charge in [-0.1, -0.05) is 46.8 Å². The lowest BCUT2D eigenvalue weighted by Gasteiger charge is -2.37. The van der Waals surface area contributed by atoms with Gasteiger partial charge in [-0.3, -0.25) is 24.0 Å². The number of benzene rings is 1. The molecule has 5 rings (SSSR count). The van der Waals surface area contributed by atoms with Crippen LogP contribution in [0.15, 0.2) is 36.3 Å². The first kappa shape index (κ1) is 38.5. The summed E-state index contributed by atoms with van der Waals surface area (Å²) in [5.74, 6) is -11.1. The topological polar surface area (TPSA) is 195 Å². The maximum absolute atomic E-state index is 13.9. The second kappa shape index (κ2) is 14.9. The highest BCUT2D eigenvalue weighted by molar-refractivity contribution is 6.53. The second-order valence-electron chi connectivity index (χ2n) is 13.7. The summed E-state index contributed by atoms with van der Waals surface area (Å²) in [6, 6.07) is 1.39. The number of hydrogen-bond donors (Lipinski definition) is 4. The molecule has 272 valence electrons. The number of fused-ring (bicyclic) bond motifs is 15. The molecule has 13 nitrogen and oxygen atoms in total. The van der Waals surface area contributed by atoms with Gasteiger partial charge in [-0.2, -0.15) is 0 Å². The van der Waals surface area contributed by atoms with E-state index >= 15 is 0 Å². The molecule has 0 saturated carbocycles. The number of esters is 1. The largest absolute Gasteiger partial charge is 0.505 e. The third-order valence-corrected chi connectivity index (χ3v) is 10.3. The van der Waals surface area contributed by atoms with Crippen molar-refractivity contribution < 1.29 is 58.2 Å². The molecular weight excluding hydrogens is 650 g/mol. The zero-order valence-corrected chi connectivity index (χ0v) is 29.8. The fourth-order valence-corrected chi connectivity index (χ4v) is 7.00. The molecule has 10 unspecified atom stereocenters. The number of aryl methyl sites for hydroxylation is 1. The predicted octanol–water partition coefficient (Wildman–Crippen LogP) is 3.59. The van der Waals surface area contributed by atoms with E-state index in [1.807, 2.05) is 0 Å². The van der Waals surface area contributed by atoms with Crippen LogP contribution in [0.25, 0.3) is 5.76 Å². The van der Waals surface area contributed by atoms with Crippen molar-refractivity contribution in [3.8, 4) is 5.75 Å². The van der Waals surface area contributed by atoms with E-state index in [0.717, 1.165) is 0 Å². The standard InChI is InChI=1S/C37H47NO12/c1-16-11-10-12-17(2)35(45)38-27-30(41)22-15-18(3)33-26(25(22)31(42)32(27)43)34(44)37(7,50-33)49-14-13-23(47-8)19(4)24(36(46)48-9)20(5)29(40)21(6)28(16)39/h10-11,13-17,19-21,23-24,28-29,39-41H,12H2,1-9H3,(H,38,45)/b11-10+,14-13+. The molecule has 0 fully saturated rings. The molecule has 4 N–H and O–H groups in total. The second-order valence-corrected chi connectivity index (χ2v) is 13.7. The summed E-state index contributed by atoms with van der Waals surface area (Å²) < 4.78 is 22.6. The third kappa shape index (κ3) is 6.86. The Balaban J connectivity index is 1.82. The zero-order valence-electron chi connectivity index (χ0n) is 29.8. The van der Waals surface area contributed by atoms with Gasteiger partial charge in [0.1, 0.15) is 11.4 Å². The average Bonchev–Trinajstić information content (AvgIpc) is 3.35. The van der Waals surface area contributed by atoms with Crippen LogP contribution in [0, 0.1) is 42.4 Å². The first-order chi connectivity index (χ1) is 23.4. The van der Waals surface area contributed by atoms with E-state index in [1.54, 1.807) is 53.7 Å². The zero-order chi connectivity index (χ0) is 37.4. The molecule has 1 aliphatic carbocycles. The van der Waals surface area contributed by atoms with Gasteiger partial charge >= 0.3 is 11.8 Å². The Labute approximate surface area is 291 Å². The van der Waals surface area contributed by atoms with Gasteiger partial charge in [-0.25, -0.2) is 0 Å². The molecule has 13 heteroatoms. The summed E-state index contributed by atoms with van der Waals surface area (Å²) in [5.41, 5.74) is -0.966. The Morgan fingerprint density at radius 2 is 1.60 bits per heavy atom. The van der Waals surface area contributed by atoms with Crippen LogP contribution in [0.4, 0.5) is 0 Å². The molecule has 3 heterocycles. The number of ketones is 3. The Hall–Kier alpha value is -4.33. The summed E-state index contributed by atoms with van der Waals surface area (Å²) in [6.07, 6.45) is 3.22. The van der Waals surface area contributed by atoms with Crippen LogP contribution in [0.3, 0.4) is 0 Å². The summed E-state index contributed by atoms with van der Waals surface area (Å²) in [6.45, 7) is 11.4. The summed E-state index contributed by atoms with van der Waals surface area (Å²) >= 11 is 0. The quantitative estimate of drug-likeness (QED) is 0.200. The molecule has 0 spiro atoms. The number of hydrogen-bond acceptors (Lipinski definition) is 12. The lowest BCUT2D eigenvalue weighted by atomic mass is 9.73. The van der Waals surface area contributed by atoms with Crippen molar-refractivity contribution >= 4 is 35.0 Å². The van der Waals surface area contributed by atoms with Crippen LogP contribution in [0.1, 0.15) is 79.8 Å². The first-order valence-corrected chi connectivity index (χ1v) is 16.6. The minimum absolute atomic E-state index is 0.00669. The molecule has 50 heavy (non-hydrogen) atoms. The summed E-state index contributed by atoms with van der Waals surface area (Å²) in [5, 5.41) is 36.2. The van der Waals surface area contributed by atoms with E-state index in [4.69, 9.17) is 18.9 Å². The molecule has 4 aliphatic rings. The Morgan fingerprint density at radius 1 is 0.940 bits per heavy atom. The molecule has 5 bridgehead atoms. The van der Waals surface area contributed by atoms with E-state index in [2.05, 4.69) is 5.32 Å². The Morgan fingerprint density at radius 3 is 2.22 bits per heavy atom. The number of aliphatic hydroxyl groups is 3. The maximum atomic E-state index is 13.9. The SMILES string of the molecule is COC(=O)C1C(C)C(OC)/C=C/OC2(C)Oc3c(C)cc4c(c3C2=O)C(=O)C(=O)C(=C4O)NC(=O)C(C)C/C=C/C(C)C(O)C(C)C(O)C1C. The van der Waals surface area contributed by atoms with Crippen LogP contribution in [-0.4, -0.2) is 82.9 Å². The van der Waals surface area contributed by atoms with Gasteiger partial charge in [0.2, 0.25) is 11.7 Å². The number of aliphatic hydroxyl groups excluding tert-OH is 3. The number of allylic oxidation sites excluding steroid dienone is 2. The van der Waals surface area contributed by atoms with Gasteiger partial charge in [0.25, 0.3) is 11.6 Å². The number of ether oxygens (including phenoxy) is 4. The highest BCUT2D eigenvalue weighted by Crippen LogP contribution is 2.45. The predicted molar refractivity (Wildman–Crippen MR) is 180 cm³/mol. The number of carbonyl (C=O) groups is 5. The monoisotopic (exact) mass is 697 g/mol. The Kier molecular flexibility index (Phi) is 11.4. The number of methoxy groups -OCH3 is 2. The minimum Gasteiger partial charge on any atom is -0.505 e. The lowest BCUT2D eigenvalue weighted by molar-refractivity contribution is -0.155. The average molecular weight is 698 g/mol. The Bertz CT molecular complexity index is 1660. The summed E-state index contributed by atoms with van der Waals surface area (Å²) in [7, 11) is 2.66. The number of nitrogens with one attached hydrogen (secondary N) is 1. The lowest BCUT2D eigenvalue weighted by Crippen LogP contribution is -2.45. The van der Waals surface area contributed by atoms with Crippen molar-refractivity contribution in [1.29, 1.82) is 0 Å². The number of carbonyl (C=O) groups excluding carboxylic acids is 5. The fraction of sp³-hybridized carbons (Fsp3) is 0.541. The van der Waals surface area contributed by atoms with Gasteiger partial charge in [-0.15, -0.1) is 0 Å². The first-order valence-electron chi connectivity index (χ1n) is 16.6. The van der Waals surface area contributed by atoms with Crippen LogP contribution in [-0.2, 0) is 28.6 Å². The van der Waals surface area contributed by atoms with Gasteiger partial charge in [0.05, 0.1) is 48.7 Å². The van der Waals surface area contributed by atoms with Crippen LogP contribution >= 0.6 is 0 Å². The molecular formula is C37H47NO12. The number of amides is 1. The molecule has 3 aliphatic heterocycles. The van der Waals surface area contributed by atoms with E-state index in [1.165, 1.54) is 39.5 Å². The van der Waals surface area contributed by atoms with Crippen LogP contribution in [0.5, 0.6) is 5.75 Å². The number of rotatable bonds is 2. The molecule has 0 aromatic heterocycles. The highest BCUT2D eigenvalue weighted by atomic mass is 16.7. The van der Waals surface area contributed by atoms with Crippen LogP contribution < -0.4 is 10.1 Å². The van der Waals surface area contributed by atoms with Gasteiger partial charge in [-0.05, 0) is 42.9 Å². The third-order valence-electron chi connectivity index (χ3n) is 10.3. The normalized spacial score (nSPS) is 35.2. The van der Waals surface area contributed by atoms with Crippen molar-refractivity contribution in [2.45, 2.75) is 79.0 Å². The van der Waals surface area contributed by atoms with E-state index in [0.29, 0.717) is 5.56 Å². The molecule has 0 saturated heterocycles. The number of Topliss-reactive ketones (excluding diaryl/α,β-unsaturated/α-hetero) is 3. The summed E-state index contributed by atoms with van der Waals surface area (Å²) in [4.78, 5) is 67.0. The van der Waals surface area contributed by atoms with E-state index in [9.17, 15) is 39.3 Å². The molecule has 1 aromatic carbocycles. The molecule has 1 amide bonds.